The molecule has 0 spiro atoms. The summed E-state index contributed by atoms with van der Waals surface area (Å²) in [6, 6.07) is 0. The molecule has 3 heteroatoms. The molecule has 1 heterocycles. The van der Waals surface area contributed by atoms with Crippen LogP contribution in [0.5, 0.6) is 0 Å². The van der Waals surface area contributed by atoms with Crippen molar-refractivity contribution in [2.45, 2.75) is 33.1 Å². The van der Waals surface area contributed by atoms with Crippen LogP contribution >= 0.6 is 0 Å². The van der Waals surface area contributed by atoms with E-state index in [-0.39, 0.29) is 11.7 Å². The number of carbonyl (C=O) groups is 2. The lowest BCUT2D eigenvalue weighted by Crippen LogP contribution is -2.27. The SMILES string of the molecule is CCC1CC(=O)N(CCC(C)=O)C1. The molecule has 0 bridgehead atoms. The van der Waals surface area contributed by atoms with Crippen LogP contribution in [0.1, 0.15) is 33.1 Å². The van der Waals surface area contributed by atoms with Gasteiger partial charge in [0.25, 0.3) is 0 Å². The highest BCUT2D eigenvalue weighted by atomic mass is 16.2. The second-order valence-electron chi connectivity index (χ2n) is 3.77. The highest BCUT2D eigenvalue weighted by Crippen LogP contribution is 2.20. The highest BCUT2D eigenvalue weighted by molar-refractivity contribution is 5.80. The van der Waals surface area contributed by atoms with Crippen molar-refractivity contribution in [2.24, 2.45) is 5.92 Å². The zero-order valence-corrected chi connectivity index (χ0v) is 8.38. The van der Waals surface area contributed by atoms with E-state index >= 15 is 0 Å². The lowest BCUT2D eigenvalue weighted by Gasteiger charge is -2.14. The van der Waals surface area contributed by atoms with Gasteiger partial charge in [0.2, 0.25) is 5.91 Å². The van der Waals surface area contributed by atoms with Gasteiger partial charge in [0, 0.05) is 25.9 Å². The smallest absolute Gasteiger partial charge is 0.222 e. The molecule has 74 valence electrons. The largest absolute Gasteiger partial charge is 0.342 e. The Morgan fingerprint density at radius 3 is 2.77 bits per heavy atom. The lowest BCUT2D eigenvalue weighted by atomic mass is 10.1. The fraction of sp³-hybridized carbons (Fsp3) is 0.800. The number of nitrogens with zero attached hydrogens (tertiary/aromatic N) is 1. The van der Waals surface area contributed by atoms with Crippen LogP contribution in [0.4, 0.5) is 0 Å². The van der Waals surface area contributed by atoms with Crippen LogP contribution in [0.2, 0.25) is 0 Å². The summed E-state index contributed by atoms with van der Waals surface area (Å²) in [5.41, 5.74) is 0. The molecule has 0 saturated carbocycles. The minimum absolute atomic E-state index is 0.160. The summed E-state index contributed by atoms with van der Waals surface area (Å²) in [5.74, 6) is 0.889. The topological polar surface area (TPSA) is 37.4 Å². The van der Waals surface area contributed by atoms with Gasteiger partial charge >= 0.3 is 0 Å². The van der Waals surface area contributed by atoms with Gasteiger partial charge in [-0.25, -0.2) is 0 Å². The average Bonchev–Trinajstić information content (AvgIpc) is 2.43. The Labute approximate surface area is 79.1 Å². The summed E-state index contributed by atoms with van der Waals surface area (Å²) in [6.45, 7) is 5.14. The highest BCUT2D eigenvalue weighted by Gasteiger charge is 2.27. The van der Waals surface area contributed by atoms with E-state index in [9.17, 15) is 9.59 Å². The van der Waals surface area contributed by atoms with E-state index in [4.69, 9.17) is 0 Å². The fourth-order valence-corrected chi connectivity index (χ4v) is 1.64. The minimum Gasteiger partial charge on any atom is -0.342 e. The molecule has 0 aromatic rings. The Bertz CT molecular complexity index is 213. The molecule has 1 saturated heterocycles. The van der Waals surface area contributed by atoms with Crippen molar-refractivity contribution < 1.29 is 9.59 Å². The molecular weight excluding hydrogens is 166 g/mol. The average molecular weight is 183 g/mol. The van der Waals surface area contributed by atoms with Crippen LogP contribution in [-0.4, -0.2) is 29.7 Å². The second kappa shape index (κ2) is 4.40. The van der Waals surface area contributed by atoms with Gasteiger partial charge in [-0.3, -0.25) is 9.59 Å². The second-order valence-corrected chi connectivity index (χ2v) is 3.77. The molecular formula is C10H17NO2. The Morgan fingerprint density at radius 1 is 1.62 bits per heavy atom. The predicted octanol–water partition coefficient (Wildman–Crippen LogP) is 1.22. The van der Waals surface area contributed by atoms with Crippen molar-refractivity contribution in [1.29, 1.82) is 0 Å². The molecule has 13 heavy (non-hydrogen) atoms. The first-order valence-electron chi connectivity index (χ1n) is 4.90. The van der Waals surface area contributed by atoms with E-state index in [2.05, 4.69) is 6.92 Å². The molecule has 1 amide bonds. The molecule has 0 N–H and O–H groups in total. The monoisotopic (exact) mass is 183 g/mol. The number of carbonyl (C=O) groups excluding carboxylic acids is 2. The summed E-state index contributed by atoms with van der Waals surface area (Å²) >= 11 is 0. The molecule has 1 aliphatic rings. The normalized spacial score (nSPS) is 22.5. The Kier molecular flexibility index (Phi) is 3.46. The number of likely N-dealkylation sites (tertiary alicyclic amines) is 1. The number of Topliss-reactive ketones (excluding diaryl/α,β-unsaturated/α-hetero) is 1. The van der Waals surface area contributed by atoms with E-state index < -0.39 is 0 Å². The maximum Gasteiger partial charge on any atom is 0.222 e. The Morgan fingerprint density at radius 2 is 2.31 bits per heavy atom. The van der Waals surface area contributed by atoms with Gasteiger partial charge in [0.05, 0.1) is 0 Å². The van der Waals surface area contributed by atoms with E-state index in [1.165, 1.54) is 0 Å². The molecule has 0 aromatic carbocycles. The van der Waals surface area contributed by atoms with Crippen molar-refractivity contribution in [3.8, 4) is 0 Å². The fourth-order valence-electron chi connectivity index (χ4n) is 1.64. The van der Waals surface area contributed by atoms with Crippen molar-refractivity contribution in [3.05, 3.63) is 0 Å². The molecule has 0 aliphatic carbocycles. The minimum atomic E-state index is 0.160. The zero-order valence-electron chi connectivity index (χ0n) is 8.38. The zero-order chi connectivity index (χ0) is 9.84. The van der Waals surface area contributed by atoms with Gasteiger partial charge < -0.3 is 4.90 Å². The third kappa shape index (κ3) is 2.83. The summed E-state index contributed by atoms with van der Waals surface area (Å²) < 4.78 is 0. The number of rotatable bonds is 4. The number of hydrogen-bond acceptors (Lipinski definition) is 2. The number of amides is 1. The lowest BCUT2D eigenvalue weighted by molar-refractivity contribution is -0.128. The van der Waals surface area contributed by atoms with Crippen molar-refractivity contribution >= 4 is 11.7 Å². The first-order chi connectivity index (χ1) is 6.13. The predicted molar refractivity (Wildman–Crippen MR) is 50.3 cm³/mol. The number of ketones is 1. The van der Waals surface area contributed by atoms with Crippen LogP contribution in [-0.2, 0) is 9.59 Å². The van der Waals surface area contributed by atoms with Crippen molar-refractivity contribution in [1.82, 2.24) is 4.90 Å². The van der Waals surface area contributed by atoms with E-state index in [0.717, 1.165) is 13.0 Å². The summed E-state index contributed by atoms with van der Waals surface area (Å²) in [4.78, 5) is 23.9. The number of hydrogen-bond donors (Lipinski definition) is 0. The molecule has 1 rings (SSSR count). The molecule has 1 aliphatic heterocycles. The van der Waals surface area contributed by atoms with Crippen molar-refractivity contribution in [2.75, 3.05) is 13.1 Å². The van der Waals surface area contributed by atoms with Crippen LogP contribution in [0.25, 0.3) is 0 Å². The molecule has 3 nitrogen and oxygen atoms in total. The van der Waals surface area contributed by atoms with E-state index in [0.29, 0.717) is 25.3 Å². The molecule has 1 fully saturated rings. The van der Waals surface area contributed by atoms with Crippen LogP contribution in [0.3, 0.4) is 0 Å². The van der Waals surface area contributed by atoms with E-state index in [1.807, 2.05) is 4.90 Å². The third-order valence-corrected chi connectivity index (χ3v) is 2.61. The molecule has 0 radical (unpaired) electrons. The first kappa shape index (κ1) is 10.2. The van der Waals surface area contributed by atoms with Crippen molar-refractivity contribution in [3.63, 3.8) is 0 Å². The Balaban J connectivity index is 2.35. The van der Waals surface area contributed by atoms with Gasteiger partial charge in [0.15, 0.2) is 0 Å². The summed E-state index contributed by atoms with van der Waals surface area (Å²) in [7, 11) is 0. The van der Waals surface area contributed by atoms with Gasteiger partial charge in [-0.05, 0) is 12.8 Å². The first-order valence-corrected chi connectivity index (χ1v) is 4.90. The molecule has 1 atom stereocenters. The molecule has 0 aromatic heterocycles. The standard InChI is InChI=1S/C10H17NO2/c1-3-9-6-10(13)11(7-9)5-4-8(2)12/h9H,3-7H2,1-2H3. The van der Waals surface area contributed by atoms with Crippen LogP contribution < -0.4 is 0 Å². The van der Waals surface area contributed by atoms with Gasteiger partial charge in [-0.15, -0.1) is 0 Å². The maximum atomic E-state index is 11.4. The van der Waals surface area contributed by atoms with Crippen LogP contribution in [0, 0.1) is 5.92 Å². The van der Waals surface area contributed by atoms with Gasteiger partial charge in [-0.2, -0.15) is 0 Å². The maximum absolute atomic E-state index is 11.4. The van der Waals surface area contributed by atoms with E-state index in [1.54, 1.807) is 6.92 Å². The van der Waals surface area contributed by atoms with Gasteiger partial charge in [0.1, 0.15) is 5.78 Å². The quantitative estimate of drug-likeness (QED) is 0.657. The summed E-state index contributed by atoms with van der Waals surface area (Å²) in [5, 5.41) is 0. The van der Waals surface area contributed by atoms with Gasteiger partial charge in [-0.1, -0.05) is 13.3 Å². The summed E-state index contributed by atoms with van der Waals surface area (Å²) in [6.07, 6.45) is 2.24. The third-order valence-electron chi connectivity index (χ3n) is 2.61. The molecule has 1 unspecified atom stereocenters. The Hall–Kier alpha value is -0.860. The van der Waals surface area contributed by atoms with Crippen LogP contribution in [0.15, 0.2) is 0 Å².